The maximum atomic E-state index is 12.3. The molecule has 0 saturated carbocycles. The number of piperidine rings is 1. The Labute approximate surface area is 113 Å². The van der Waals surface area contributed by atoms with Gasteiger partial charge in [0.2, 0.25) is 0 Å². The first kappa shape index (κ1) is 13.7. The fraction of sp³-hybridized carbons (Fsp3) is 0.500. The molecular formula is C14H20N2O3. The molecule has 1 saturated heterocycles. The average molecular weight is 264 g/mol. The standard InChI is InChI=1S/C14H20N2O3/c1-2-19-11-4-3-7-16(9-11)14(18)10-5-6-12(15)13(17)8-10/h5-6,8,11,17H,2-4,7,9,15H2,1H3. The van der Waals surface area contributed by atoms with E-state index in [0.29, 0.717) is 18.7 Å². The molecule has 3 N–H and O–H groups in total. The van der Waals surface area contributed by atoms with Gasteiger partial charge in [-0.3, -0.25) is 4.79 Å². The van der Waals surface area contributed by atoms with E-state index >= 15 is 0 Å². The second kappa shape index (κ2) is 5.93. The van der Waals surface area contributed by atoms with Crippen molar-refractivity contribution < 1.29 is 14.6 Å². The number of benzene rings is 1. The molecule has 0 spiro atoms. The van der Waals surface area contributed by atoms with Crippen LogP contribution in [0.25, 0.3) is 0 Å². The SMILES string of the molecule is CCOC1CCCN(C(=O)c2ccc(N)c(O)c2)C1. The molecule has 1 heterocycles. The summed E-state index contributed by atoms with van der Waals surface area (Å²) in [7, 11) is 0. The monoisotopic (exact) mass is 264 g/mol. The Morgan fingerprint density at radius 1 is 1.58 bits per heavy atom. The topological polar surface area (TPSA) is 75.8 Å². The van der Waals surface area contributed by atoms with Crippen molar-refractivity contribution in [3.8, 4) is 5.75 Å². The second-order valence-electron chi connectivity index (χ2n) is 4.74. The maximum absolute atomic E-state index is 12.3. The van der Waals surface area contributed by atoms with Crippen LogP contribution in [0.15, 0.2) is 18.2 Å². The summed E-state index contributed by atoms with van der Waals surface area (Å²) >= 11 is 0. The lowest BCUT2D eigenvalue weighted by molar-refractivity contribution is 0.00723. The predicted molar refractivity (Wildman–Crippen MR) is 73.1 cm³/mol. The number of aromatic hydroxyl groups is 1. The number of phenols is 1. The number of nitrogens with two attached hydrogens (primary N) is 1. The number of hydrogen-bond donors (Lipinski definition) is 2. The molecule has 5 heteroatoms. The third-order valence-corrected chi connectivity index (χ3v) is 3.35. The van der Waals surface area contributed by atoms with Gasteiger partial charge in [0, 0.05) is 25.3 Å². The molecule has 104 valence electrons. The molecule has 1 aromatic carbocycles. The van der Waals surface area contributed by atoms with E-state index in [0.717, 1.165) is 19.4 Å². The highest BCUT2D eigenvalue weighted by atomic mass is 16.5. The third-order valence-electron chi connectivity index (χ3n) is 3.35. The Kier molecular flexibility index (Phi) is 4.27. The summed E-state index contributed by atoms with van der Waals surface area (Å²) in [5.41, 5.74) is 6.28. The smallest absolute Gasteiger partial charge is 0.254 e. The number of phenolic OH excluding ortho intramolecular Hbond substituents is 1. The Morgan fingerprint density at radius 2 is 2.37 bits per heavy atom. The largest absolute Gasteiger partial charge is 0.506 e. The van der Waals surface area contributed by atoms with Crippen molar-refractivity contribution in [2.24, 2.45) is 0 Å². The van der Waals surface area contributed by atoms with E-state index in [-0.39, 0.29) is 23.4 Å². The fourth-order valence-electron chi connectivity index (χ4n) is 2.35. The van der Waals surface area contributed by atoms with Crippen molar-refractivity contribution in [2.75, 3.05) is 25.4 Å². The van der Waals surface area contributed by atoms with Crippen LogP contribution in [0.3, 0.4) is 0 Å². The first-order valence-electron chi connectivity index (χ1n) is 6.61. The highest BCUT2D eigenvalue weighted by Gasteiger charge is 2.24. The Balaban J connectivity index is 2.08. The molecule has 1 fully saturated rings. The van der Waals surface area contributed by atoms with Gasteiger partial charge in [-0.25, -0.2) is 0 Å². The van der Waals surface area contributed by atoms with Crippen LogP contribution in [0.4, 0.5) is 5.69 Å². The van der Waals surface area contributed by atoms with Gasteiger partial charge in [-0.05, 0) is 38.0 Å². The number of hydrogen-bond acceptors (Lipinski definition) is 4. The molecule has 1 amide bonds. The number of carbonyl (C=O) groups excluding carboxylic acids is 1. The van der Waals surface area contributed by atoms with Gasteiger partial charge in [0.25, 0.3) is 5.91 Å². The summed E-state index contributed by atoms with van der Waals surface area (Å²) < 4.78 is 5.58. The van der Waals surface area contributed by atoms with Crippen molar-refractivity contribution in [3.05, 3.63) is 23.8 Å². The van der Waals surface area contributed by atoms with E-state index in [9.17, 15) is 9.90 Å². The summed E-state index contributed by atoms with van der Waals surface area (Å²) in [4.78, 5) is 14.1. The van der Waals surface area contributed by atoms with Crippen molar-refractivity contribution in [1.29, 1.82) is 0 Å². The number of carbonyl (C=O) groups is 1. The summed E-state index contributed by atoms with van der Waals surface area (Å²) in [6.45, 7) is 3.96. The number of anilines is 1. The quantitative estimate of drug-likeness (QED) is 0.642. The van der Waals surface area contributed by atoms with Crippen LogP contribution in [-0.4, -0.2) is 41.7 Å². The van der Waals surface area contributed by atoms with Crippen LogP contribution in [0, 0.1) is 0 Å². The number of ether oxygens (including phenoxy) is 1. The van der Waals surface area contributed by atoms with Crippen LogP contribution in [0.2, 0.25) is 0 Å². The van der Waals surface area contributed by atoms with Crippen LogP contribution in [0.5, 0.6) is 5.75 Å². The van der Waals surface area contributed by atoms with Gasteiger partial charge in [0.15, 0.2) is 0 Å². The van der Waals surface area contributed by atoms with Gasteiger partial charge < -0.3 is 20.5 Å². The summed E-state index contributed by atoms with van der Waals surface area (Å²) in [6, 6.07) is 4.61. The van der Waals surface area contributed by atoms with Crippen LogP contribution in [0.1, 0.15) is 30.1 Å². The molecular weight excluding hydrogens is 244 g/mol. The van der Waals surface area contributed by atoms with Crippen LogP contribution in [-0.2, 0) is 4.74 Å². The van der Waals surface area contributed by atoms with E-state index in [2.05, 4.69) is 0 Å². The minimum absolute atomic E-state index is 0.0517. The van der Waals surface area contributed by atoms with Gasteiger partial charge >= 0.3 is 0 Å². The summed E-state index contributed by atoms with van der Waals surface area (Å²) in [5, 5.41) is 9.56. The number of nitrogen functional groups attached to an aromatic ring is 1. The lowest BCUT2D eigenvalue weighted by atomic mass is 10.1. The molecule has 0 aliphatic carbocycles. The van der Waals surface area contributed by atoms with Gasteiger partial charge in [-0.1, -0.05) is 0 Å². The van der Waals surface area contributed by atoms with Gasteiger partial charge in [0.1, 0.15) is 5.75 Å². The molecule has 1 aliphatic rings. The fourth-order valence-corrected chi connectivity index (χ4v) is 2.35. The van der Waals surface area contributed by atoms with Gasteiger partial charge in [-0.2, -0.15) is 0 Å². The van der Waals surface area contributed by atoms with E-state index in [4.69, 9.17) is 10.5 Å². The molecule has 1 aromatic rings. The van der Waals surface area contributed by atoms with Crippen molar-refractivity contribution in [2.45, 2.75) is 25.9 Å². The first-order chi connectivity index (χ1) is 9.11. The number of nitrogens with zero attached hydrogens (tertiary/aromatic N) is 1. The first-order valence-corrected chi connectivity index (χ1v) is 6.61. The molecule has 19 heavy (non-hydrogen) atoms. The minimum Gasteiger partial charge on any atom is -0.506 e. The molecule has 1 unspecified atom stereocenters. The van der Waals surface area contributed by atoms with Crippen molar-refractivity contribution >= 4 is 11.6 Å². The molecule has 0 aromatic heterocycles. The van der Waals surface area contributed by atoms with E-state index < -0.39 is 0 Å². The zero-order chi connectivity index (χ0) is 13.8. The zero-order valence-corrected chi connectivity index (χ0v) is 11.1. The summed E-state index contributed by atoms with van der Waals surface area (Å²) in [5.74, 6) is -0.135. The second-order valence-corrected chi connectivity index (χ2v) is 4.74. The highest BCUT2D eigenvalue weighted by molar-refractivity contribution is 5.95. The van der Waals surface area contributed by atoms with E-state index in [1.807, 2.05) is 6.92 Å². The zero-order valence-electron chi connectivity index (χ0n) is 11.1. The van der Waals surface area contributed by atoms with Crippen molar-refractivity contribution in [1.82, 2.24) is 4.90 Å². The lowest BCUT2D eigenvalue weighted by Crippen LogP contribution is -2.43. The molecule has 1 atom stereocenters. The van der Waals surface area contributed by atoms with Gasteiger partial charge in [0.05, 0.1) is 11.8 Å². The van der Waals surface area contributed by atoms with E-state index in [1.165, 1.54) is 6.07 Å². The normalized spacial score (nSPS) is 19.4. The Hall–Kier alpha value is -1.75. The Morgan fingerprint density at radius 3 is 3.05 bits per heavy atom. The molecule has 0 bridgehead atoms. The lowest BCUT2D eigenvalue weighted by Gasteiger charge is -2.32. The maximum Gasteiger partial charge on any atom is 0.254 e. The van der Waals surface area contributed by atoms with Crippen LogP contribution < -0.4 is 5.73 Å². The van der Waals surface area contributed by atoms with E-state index in [1.54, 1.807) is 17.0 Å². The molecule has 1 aliphatic heterocycles. The van der Waals surface area contributed by atoms with Crippen LogP contribution >= 0.6 is 0 Å². The average Bonchev–Trinajstić information content (AvgIpc) is 2.42. The van der Waals surface area contributed by atoms with Crippen molar-refractivity contribution in [3.63, 3.8) is 0 Å². The molecule has 2 rings (SSSR count). The summed E-state index contributed by atoms with van der Waals surface area (Å²) in [6.07, 6.45) is 2.05. The number of amides is 1. The van der Waals surface area contributed by atoms with Gasteiger partial charge in [-0.15, -0.1) is 0 Å². The molecule has 5 nitrogen and oxygen atoms in total. The predicted octanol–water partition coefficient (Wildman–Crippen LogP) is 1.62. The number of likely N-dealkylation sites (tertiary alicyclic amines) is 1. The Bertz CT molecular complexity index is 460. The molecule has 0 radical (unpaired) electrons. The highest BCUT2D eigenvalue weighted by Crippen LogP contribution is 2.23. The number of rotatable bonds is 3. The third kappa shape index (κ3) is 3.17. The minimum atomic E-state index is -0.0836.